The molecule has 2 amide bonds. The van der Waals surface area contributed by atoms with Gasteiger partial charge in [-0.1, -0.05) is 41.9 Å². The molecule has 1 heterocycles. The number of urea groups is 1. The van der Waals surface area contributed by atoms with E-state index in [-0.39, 0.29) is 32.0 Å². The van der Waals surface area contributed by atoms with Gasteiger partial charge >= 0.3 is 6.03 Å². The Kier molecular flexibility index (Phi) is 9.34. The lowest BCUT2D eigenvalue weighted by molar-refractivity contribution is 0.103. The predicted molar refractivity (Wildman–Crippen MR) is 177 cm³/mol. The molecule has 0 spiro atoms. The molecule has 1 saturated heterocycles. The molecule has 0 aromatic heterocycles. The summed E-state index contributed by atoms with van der Waals surface area (Å²) in [5.41, 5.74) is 6.07. The van der Waals surface area contributed by atoms with E-state index in [1.54, 1.807) is 59.5 Å². The van der Waals surface area contributed by atoms with Crippen LogP contribution in [-0.4, -0.2) is 55.6 Å². The number of nitrogens with one attached hydrogen (secondary N) is 1. The van der Waals surface area contributed by atoms with E-state index in [4.69, 9.17) is 16.3 Å². The smallest absolute Gasteiger partial charge is 0.322 e. The third-order valence-corrected chi connectivity index (χ3v) is 11.0. The second kappa shape index (κ2) is 13.0. The molecule has 10 heteroatoms. The monoisotopic (exact) mass is 645 g/mol. The highest BCUT2D eigenvalue weighted by atomic mass is 35.5. The molecule has 45 heavy (non-hydrogen) atoms. The summed E-state index contributed by atoms with van der Waals surface area (Å²) in [7, 11) is -3.75. The van der Waals surface area contributed by atoms with E-state index in [2.05, 4.69) is 5.32 Å². The fourth-order valence-electron chi connectivity index (χ4n) is 5.55. The summed E-state index contributed by atoms with van der Waals surface area (Å²) in [6, 6.07) is 20.3. The summed E-state index contributed by atoms with van der Waals surface area (Å²) >= 11 is 6.26. The molecule has 0 bridgehead atoms. The zero-order chi connectivity index (χ0) is 32.5. The van der Waals surface area contributed by atoms with Crippen molar-refractivity contribution >= 4 is 39.1 Å². The Labute approximate surface area is 269 Å². The lowest BCUT2D eigenvalue weighted by Crippen LogP contribution is -2.51. The molecule has 0 radical (unpaired) electrons. The highest BCUT2D eigenvalue weighted by Crippen LogP contribution is 2.34. The van der Waals surface area contributed by atoms with Crippen molar-refractivity contribution in [2.75, 3.05) is 31.5 Å². The molecule has 0 saturated carbocycles. The van der Waals surface area contributed by atoms with Crippen LogP contribution in [0.25, 0.3) is 0 Å². The second-order valence-corrected chi connectivity index (χ2v) is 13.5. The van der Waals surface area contributed by atoms with Gasteiger partial charge in [-0.25, -0.2) is 13.2 Å². The van der Waals surface area contributed by atoms with Crippen LogP contribution in [0.1, 0.15) is 43.7 Å². The van der Waals surface area contributed by atoms with Crippen LogP contribution in [0.5, 0.6) is 11.5 Å². The first kappa shape index (κ1) is 32.2. The lowest BCUT2D eigenvalue weighted by Gasteiger charge is -2.35. The fourth-order valence-corrected chi connectivity index (χ4v) is 7.71. The van der Waals surface area contributed by atoms with Gasteiger partial charge in [-0.3, -0.25) is 4.79 Å². The van der Waals surface area contributed by atoms with Crippen molar-refractivity contribution in [1.82, 2.24) is 9.21 Å². The quantitative estimate of drug-likeness (QED) is 0.211. The number of amides is 2. The Hall–Kier alpha value is -4.18. The van der Waals surface area contributed by atoms with Crippen molar-refractivity contribution in [3.8, 4) is 11.5 Å². The largest absolute Gasteiger partial charge is 0.455 e. The summed E-state index contributed by atoms with van der Waals surface area (Å²) in [6.45, 7) is 10.4. The van der Waals surface area contributed by atoms with Crippen LogP contribution in [-0.2, 0) is 10.0 Å². The van der Waals surface area contributed by atoms with E-state index in [0.29, 0.717) is 38.2 Å². The maximum absolute atomic E-state index is 13.8. The number of carbonyl (C=O) groups is 2. The Bertz CT molecular complexity index is 1840. The molecule has 8 nitrogen and oxygen atoms in total. The molecule has 5 rings (SSSR count). The number of piperazine rings is 1. The van der Waals surface area contributed by atoms with Gasteiger partial charge in [-0.15, -0.1) is 0 Å². The number of hydrogen-bond acceptors (Lipinski definition) is 5. The Morgan fingerprint density at radius 1 is 0.733 bits per heavy atom. The SMILES string of the molecule is Cc1c(C)c(C)c(S(=O)(=O)N2CCN(C(=O)Nc3cc(Cl)ccc3Oc3ccc(C(=O)c4ccccc4)cc3)CC2)c(C)c1C. The van der Waals surface area contributed by atoms with Crippen molar-refractivity contribution in [1.29, 1.82) is 0 Å². The molecule has 4 aromatic rings. The molecular formula is C35H36ClN3O5S. The number of sulfonamides is 1. The van der Waals surface area contributed by atoms with Crippen molar-refractivity contribution in [3.63, 3.8) is 0 Å². The number of nitrogens with zero attached hydrogens (tertiary/aromatic N) is 2. The number of hydrogen-bond donors (Lipinski definition) is 1. The van der Waals surface area contributed by atoms with Gasteiger partial charge < -0.3 is 15.0 Å². The number of carbonyl (C=O) groups excluding carboxylic acids is 2. The van der Waals surface area contributed by atoms with Gasteiger partial charge in [-0.05, 0) is 105 Å². The van der Waals surface area contributed by atoms with E-state index in [9.17, 15) is 18.0 Å². The van der Waals surface area contributed by atoms with Crippen LogP contribution in [0.15, 0.2) is 77.7 Å². The minimum Gasteiger partial charge on any atom is -0.455 e. The summed E-state index contributed by atoms with van der Waals surface area (Å²) in [6.07, 6.45) is 0. The molecule has 0 aliphatic carbocycles. The maximum atomic E-state index is 13.8. The van der Waals surface area contributed by atoms with Crippen LogP contribution in [0.3, 0.4) is 0 Å². The highest BCUT2D eigenvalue weighted by Gasteiger charge is 2.33. The van der Waals surface area contributed by atoms with E-state index in [1.807, 2.05) is 52.8 Å². The van der Waals surface area contributed by atoms with Crippen LogP contribution in [0, 0.1) is 34.6 Å². The molecule has 4 aromatic carbocycles. The molecular weight excluding hydrogens is 610 g/mol. The van der Waals surface area contributed by atoms with E-state index >= 15 is 0 Å². The minimum absolute atomic E-state index is 0.0937. The van der Waals surface area contributed by atoms with E-state index < -0.39 is 16.1 Å². The second-order valence-electron chi connectivity index (χ2n) is 11.2. The zero-order valence-electron chi connectivity index (χ0n) is 26.0. The van der Waals surface area contributed by atoms with Gasteiger partial charge in [0.05, 0.1) is 10.6 Å². The number of ketones is 1. The maximum Gasteiger partial charge on any atom is 0.322 e. The van der Waals surface area contributed by atoms with Crippen LogP contribution in [0.4, 0.5) is 10.5 Å². The molecule has 234 valence electrons. The minimum atomic E-state index is -3.75. The van der Waals surface area contributed by atoms with Gasteiger partial charge in [0.1, 0.15) is 5.75 Å². The molecule has 1 aliphatic heterocycles. The molecule has 1 aliphatic rings. The number of halogens is 1. The number of ether oxygens (including phenoxy) is 1. The first-order chi connectivity index (χ1) is 21.4. The topological polar surface area (TPSA) is 96.0 Å². The van der Waals surface area contributed by atoms with Crippen molar-refractivity contribution in [3.05, 3.63) is 117 Å². The number of anilines is 1. The normalized spacial score (nSPS) is 13.9. The van der Waals surface area contributed by atoms with E-state index in [0.717, 1.165) is 27.8 Å². The average Bonchev–Trinajstić information content (AvgIpc) is 3.04. The summed E-state index contributed by atoms with van der Waals surface area (Å²) in [5.74, 6) is 0.749. The van der Waals surface area contributed by atoms with Crippen LogP contribution in [0.2, 0.25) is 5.02 Å². The lowest BCUT2D eigenvalue weighted by atomic mass is 9.95. The number of benzene rings is 4. The van der Waals surface area contributed by atoms with Gasteiger partial charge in [-0.2, -0.15) is 4.31 Å². The molecule has 0 unspecified atom stereocenters. The standard InChI is InChI=1S/C35H36ClN3O5S/c1-22-23(2)25(4)34(26(5)24(22)3)45(42,43)39-19-17-38(18-20-39)35(41)37-31-21-29(36)13-16-32(31)44-30-14-11-28(12-15-30)33(40)27-9-7-6-8-10-27/h6-16,21H,17-20H2,1-5H3,(H,37,41). The third kappa shape index (κ3) is 6.61. The van der Waals surface area contributed by atoms with Crippen molar-refractivity contribution < 1.29 is 22.7 Å². The first-order valence-electron chi connectivity index (χ1n) is 14.7. The Balaban J connectivity index is 1.26. The van der Waals surface area contributed by atoms with E-state index in [1.165, 1.54) is 4.31 Å². The zero-order valence-corrected chi connectivity index (χ0v) is 27.6. The van der Waals surface area contributed by atoms with Gasteiger partial charge in [0.2, 0.25) is 10.0 Å². The Morgan fingerprint density at radius 3 is 1.89 bits per heavy atom. The molecule has 1 fully saturated rings. The van der Waals surface area contributed by atoms with Crippen molar-refractivity contribution in [2.45, 2.75) is 39.5 Å². The van der Waals surface area contributed by atoms with Gasteiger partial charge in [0, 0.05) is 42.3 Å². The molecule has 1 N–H and O–H groups in total. The van der Waals surface area contributed by atoms with Crippen molar-refractivity contribution in [2.24, 2.45) is 0 Å². The first-order valence-corrected chi connectivity index (χ1v) is 16.5. The number of rotatable bonds is 7. The summed E-state index contributed by atoms with van der Waals surface area (Å²) in [5, 5.41) is 3.28. The summed E-state index contributed by atoms with van der Waals surface area (Å²) < 4.78 is 35.0. The third-order valence-electron chi connectivity index (χ3n) is 8.62. The molecule has 0 atom stereocenters. The van der Waals surface area contributed by atoms with Crippen LogP contribution < -0.4 is 10.1 Å². The van der Waals surface area contributed by atoms with Gasteiger partial charge in [0.15, 0.2) is 11.5 Å². The average molecular weight is 646 g/mol. The predicted octanol–water partition coefficient (Wildman–Crippen LogP) is 7.44. The summed E-state index contributed by atoms with van der Waals surface area (Å²) in [4.78, 5) is 28.0. The highest BCUT2D eigenvalue weighted by molar-refractivity contribution is 7.89. The van der Waals surface area contributed by atoms with Crippen LogP contribution >= 0.6 is 11.6 Å². The fraction of sp³-hybridized carbons (Fsp3) is 0.257. The Morgan fingerprint density at radius 2 is 1.29 bits per heavy atom. The van der Waals surface area contributed by atoms with Gasteiger partial charge in [0.25, 0.3) is 0 Å².